The first kappa shape index (κ1) is 39.6. The molecule has 2 heterocycles. The Morgan fingerprint density at radius 3 is 1.41 bits per heavy atom. The van der Waals surface area contributed by atoms with Crippen molar-refractivity contribution < 1.29 is 4.42 Å². The van der Waals surface area contributed by atoms with Crippen LogP contribution in [-0.4, -0.2) is 4.57 Å². The molecule has 0 aliphatic heterocycles. The predicted molar refractivity (Wildman–Crippen MR) is 294 cm³/mol. The fourth-order valence-electron chi connectivity index (χ4n) is 12.3. The van der Waals surface area contributed by atoms with Gasteiger partial charge in [0.15, 0.2) is 0 Å². The van der Waals surface area contributed by atoms with Gasteiger partial charge < -0.3 is 18.8 Å². The highest BCUT2D eigenvalue weighted by Crippen LogP contribution is 2.65. The van der Waals surface area contributed by atoms with Gasteiger partial charge in [-0.1, -0.05) is 158 Å². The number of hydrogen-bond donors (Lipinski definition) is 0. The maximum atomic E-state index is 7.56. The molecule has 0 amide bonds. The maximum Gasteiger partial charge on any atom is 0.145 e. The Kier molecular flexibility index (Phi) is 8.54. The zero-order valence-electron chi connectivity index (χ0n) is 38.6. The number of fused-ring (bicyclic) bond motifs is 18. The van der Waals surface area contributed by atoms with Crippen LogP contribution in [0.4, 0.5) is 34.1 Å². The van der Waals surface area contributed by atoms with E-state index in [-0.39, 0.29) is 0 Å². The lowest BCUT2D eigenvalue weighted by atomic mass is 9.70. The maximum absolute atomic E-state index is 7.56. The Bertz CT molecular complexity index is 4140. The van der Waals surface area contributed by atoms with Crippen LogP contribution in [0.3, 0.4) is 0 Å². The van der Waals surface area contributed by atoms with Crippen LogP contribution in [0.25, 0.3) is 71.7 Å². The average molecular weight is 906 g/mol. The molecule has 4 heteroatoms. The second-order valence-corrected chi connectivity index (χ2v) is 18.8. The van der Waals surface area contributed by atoms with Crippen LogP contribution in [0.2, 0.25) is 0 Å². The number of rotatable bonds is 7. The topological polar surface area (TPSA) is 24.6 Å². The summed E-state index contributed by atoms with van der Waals surface area (Å²) in [7, 11) is 0. The molecular formula is C67H43N3O. The molecule has 71 heavy (non-hydrogen) atoms. The van der Waals surface area contributed by atoms with E-state index in [0.29, 0.717) is 0 Å². The molecule has 11 aromatic carbocycles. The van der Waals surface area contributed by atoms with E-state index in [1.54, 1.807) is 0 Å². The van der Waals surface area contributed by atoms with E-state index >= 15 is 0 Å². The normalized spacial score (nSPS) is 14.3. The highest BCUT2D eigenvalue weighted by atomic mass is 16.3. The molecule has 0 bridgehead atoms. The molecule has 2 aliphatic rings. The first-order valence-corrected chi connectivity index (χ1v) is 24.4. The Morgan fingerprint density at radius 2 is 0.789 bits per heavy atom. The second kappa shape index (κ2) is 15.3. The first-order chi connectivity index (χ1) is 35.3. The van der Waals surface area contributed by atoms with Crippen molar-refractivity contribution in [2.75, 3.05) is 9.80 Å². The molecule has 2 aliphatic carbocycles. The van der Waals surface area contributed by atoms with E-state index in [2.05, 4.69) is 275 Å². The number of benzene rings is 11. The van der Waals surface area contributed by atoms with Gasteiger partial charge in [-0.25, -0.2) is 0 Å². The molecule has 332 valence electrons. The molecule has 0 N–H and O–H groups in total. The van der Waals surface area contributed by atoms with Crippen molar-refractivity contribution in [3.05, 3.63) is 283 Å². The summed E-state index contributed by atoms with van der Waals surface area (Å²) in [5.74, 6) is 0. The third-order valence-corrected chi connectivity index (χ3v) is 15.1. The molecule has 1 atom stereocenters. The highest BCUT2D eigenvalue weighted by Gasteiger charge is 2.53. The summed E-state index contributed by atoms with van der Waals surface area (Å²) in [4.78, 5) is 4.77. The fraction of sp³-hybridized carbons (Fsp3) is 0.0149. The van der Waals surface area contributed by atoms with Crippen molar-refractivity contribution in [2.45, 2.75) is 5.41 Å². The van der Waals surface area contributed by atoms with E-state index in [0.717, 1.165) is 83.7 Å². The van der Waals surface area contributed by atoms with Crippen LogP contribution < -0.4 is 9.80 Å². The van der Waals surface area contributed by atoms with Crippen molar-refractivity contribution >= 4 is 77.9 Å². The molecule has 15 rings (SSSR count). The number of furan rings is 1. The van der Waals surface area contributed by atoms with E-state index < -0.39 is 5.41 Å². The standard InChI is InChI=1S/C67H43N3O/c1-6-20-44(21-7-1)68(45-22-8-2-9-23-45)49-34-36-52-51-30-16-18-32-57(51)67(59(52)42-49)58-40-38-53-54-39-41-62-64(56-31-17-19-33-61(56)70(62)48-28-14-5-15-29-48)66(54)71-65(53)63(58)55-37-35-50(43-60(55)67)69(46-24-10-3-11-25-46)47-26-12-4-13-27-47/h1-43H. The number of anilines is 6. The van der Waals surface area contributed by atoms with Gasteiger partial charge >= 0.3 is 0 Å². The number of para-hydroxylation sites is 6. The smallest absolute Gasteiger partial charge is 0.145 e. The van der Waals surface area contributed by atoms with Crippen molar-refractivity contribution in [1.29, 1.82) is 0 Å². The average Bonchev–Trinajstić information content (AvgIpc) is 4.16. The summed E-state index contributed by atoms with van der Waals surface area (Å²) >= 11 is 0. The Hall–Kier alpha value is -9.38. The van der Waals surface area contributed by atoms with Gasteiger partial charge in [-0.3, -0.25) is 0 Å². The van der Waals surface area contributed by atoms with Crippen LogP contribution in [0.1, 0.15) is 22.3 Å². The Balaban J connectivity index is 1.06. The zero-order valence-corrected chi connectivity index (χ0v) is 38.6. The minimum Gasteiger partial charge on any atom is -0.455 e. The van der Waals surface area contributed by atoms with Gasteiger partial charge in [-0.2, -0.15) is 0 Å². The largest absolute Gasteiger partial charge is 0.455 e. The van der Waals surface area contributed by atoms with Crippen LogP contribution in [0.15, 0.2) is 265 Å². The van der Waals surface area contributed by atoms with Gasteiger partial charge in [0, 0.05) is 61.5 Å². The van der Waals surface area contributed by atoms with E-state index in [1.165, 1.54) is 44.3 Å². The molecule has 4 nitrogen and oxygen atoms in total. The summed E-state index contributed by atoms with van der Waals surface area (Å²) in [5, 5.41) is 4.52. The Morgan fingerprint density at radius 1 is 0.310 bits per heavy atom. The minimum atomic E-state index is -0.702. The number of aromatic nitrogens is 1. The van der Waals surface area contributed by atoms with Crippen LogP contribution in [-0.2, 0) is 5.41 Å². The monoisotopic (exact) mass is 905 g/mol. The van der Waals surface area contributed by atoms with Crippen LogP contribution >= 0.6 is 0 Å². The summed E-state index contributed by atoms with van der Waals surface area (Å²) < 4.78 is 9.94. The SMILES string of the molecule is c1ccc(N(c2ccccc2)c2ccc3c(c2)C2(c4ccccc4-3)c3cc(N(c4ccccc4)c4ccccc4)ccc3-c3c2ccc2c3oc3c2ccc2c3c3ccccc3n2-c2ccccc2)cc1. The van der Waals surface area contributed by atoms with Crippen molar-refractivity contribution in [1.82, 2.24) is 4.57 Å². The van der Waals surface area contributed by atoms with E-state index in [4.69, 9.17) is 4.42 Å². The third-order valence-electron chi connectivity index (χ3n) is 15.1. The molecule has 0 saturated heterocycles. The summed E-state index contributed by atoms with van der Waals surface area (Å²) in [5.41, 5.74) is 20.8. The molecule has 13 aromatic rings. The van der Waals surface area contributed by atoms with Crippen molar-refractivity contribution in [3.63, 3.8) is 0 Å². The van der Waals surface area contributed by atoms with E-state index in [1.807, 2.05) is 0 Å². The Labute approximate surface area is 411 Å². The quantitative estimate of drug-likeness (QED) is 0.159. The number of nitrogens with zero attached hydrogens (tertiary/aromatic N) is 3. The van der Waals surface area contributed by atoms with Crippen molar-refractivity contribution in [3.8, 4) is 27.9 Å². The van der Waals surface area contributed by atoms with Gasteiger partial charge in [-0.05, 0) is 142 Å². The van der Waals surface area contributed by atoms with Gasteiger partial charge in [0.25, 0.3) is 0 Å². The molecular weight excluding hydrogens is 863 g/mol. The van der Waals surface area contributed by atoms with Gasteiger partial charge in [0.05, 0.1) is 21.8 Å². The predicted octanol–water partition coefficient (Wildman–Crippen LogP) is 18.0. The summed E-state index contributed by atoms with van der Waals surface area (Å²) in [6.45, 7) is 0. The van der Waals surface area contributed by atoms with Gasteiger partial charge in [0.2, 0.25) is 0 Å². The van der Waals surface area contributed by atoms with Crippen LogP contribution in [0.5, 0.6) is 0 Å². The lowest BCUT2D eigenvalue weighted by Gasteiger charge is -2.33. The zero-order chi connectivity index (χ0) is 46.6. The first-order valence-electron chi connectivity index (χ1n) is 24.4. The summed E-state index contributed by atoms with van der Waals surface area (Å²) in [6.07, 6.45) is 0. The summed E-state index contributed by atoms with van der Waals surface area (Å²) in [6, 6.07) is 95.0. The van der Waals surface area contributed by atoms with E-state index in [9.17, 15) is 0 Å². The highest BCUT2D eigenvalue weighted by molar-refractivity contribution is 6.25. The number of hydrogen-bond acceptors (Lipinski definition) is 3. The fourth-order valence-corrected chi connectivity index (χ4v) is 12.3. The minimum absolute atomic E-state index is 0.702. The molecule has 1 spiro atoms. The van der Waals surface area contributed by atoms with Crippen molar-refractivity contribution in [2.24, 2.45) is 0 Å². The van der Waals surface area contributed by atoms with Gasteiger partial charge in [-0.15, -0.1) is 0 Å². The lowest BCUT2D eigenvalue weighted by molar-refractivity contribution is 0.673. The molecule has 0 radical (unpaired) electrons. The second-order valence-electron chi connectivity index (χ2n) is 18.8. The van der Waals surface area contributed by atoms with Gasteiger partial charge in [0.1, 0.15) is 11.2 Å². The molecule has 1 unspecified atom stereocenters. The molecule has 0 saturated carbocycles. The lowest BCUT2D eigenvalue weighted by Crippen LogP contribution is -2.26. The molecule has 2 aromatic heterocycles. The third kappa shape index (κ3) is 5.61. The molecule has 0 fully saturated rings. The van der Waals surface area contributed by atoms with Crippen LogP contribution in [0, 0.1) is 0 Å².